The predicted molar refractivity (Wildman–Crippen MR) is 65.3 cm³/mol. The zero-order valence-electron chi connectivity index (χ0n) is 10.5. The number of nitrogens with one attached hydrogen (secondary N) is 2. The van der Waals surface area contributed by atoms with Gasteiger partial charge in [0.05, 0.1) is 18.7 Å². The van der Waals surface area contributed by atoms with E-state index in [2.05, 4.69) is 15.8 Å². The number of hydrogen-bond acceptors (Lipinski definition) is 4. The standard InChI is InChI=1S/C12H17N3O4/c16-11(17)8-2-1-3-9(6-8)15-12(18)13-7-10-4-5-14-19-10/h4-5,8-9H,1-3,6-7H2,(H,16,17)(H2,13,15,18). The topological polar surface area (TPSA) is 104 Å². The van der Waals surface area contributed by atoms with Crippen molar-refractivity contribution in [3.05, 3.63) is 18.0 Å². The van der Waals surface area contributed by atoms with Gasteiger partial charge in [-0.2, -0.15) is 0 Å². The minimum atomic E-state index is -0.784. The Bertz CT molecular complexity index is 432. The number of amides is 2. The van der Waals surface area contributed by atoms with Gasteiger partial charge in [-0.1, -0.05) is 11.6 Å². The lowest BCUT2D eigenvalue weighted by Crippen LogP contribution is -2.44. The maximum Gasteiger partial charge on any atom is 0.315 e. The molecule has 1 aliphatic rings. The zero-order valence-corrected chi connectivity index (χ0v) is 10.5. The summed E-state index contributed by atoms with van der Waals surface area (Å²) in [7, 11) is 0. The van der Waals surface area contributed by atoms with Crippen molar-refractivity contribution in [3.63, 3.8) is 0 Å². The van der Waals surface area contributed by atoms with Gasteiger partial charge in [-0.15, -0.1) is 0 Å². The van der Waals surface area contributed by atoms with E-state index in [1.54, 1.807) is 6.07 Å². The van der Waals surface area contributed by atoms with E-state index in [0.717, 1.165) is 12.8 Å². The first-order valence-electron chi connectivity index (χ1n) is 6.32. The molecule has 1 aliphatic carbocycles. The van der Waals surface area contributed by atoms with Crippen molar-refractivity contribution in [2.75, 3.05) is 0 Å². The van der Waals surface area contributed by atoms with E-state index in [-0.39, 0.29) is 24.5 Å². The van der Waals surface area contributed by atoms with Crippen LogP contribution >= 0.6 is 0 Å². The minimum absolute atomic E-state index is 0.0791. The van der Waals surface area contributed by atoms with Gasteiger partial charge >= 0.3 is 12.0 Å². The number of hydrogen-bond donors (Lipinski definition) is 3. The number of urea groups is 1. The van der Waals surface area contributed by atoms with Crippen LogP contribution in [-0.4, -0.2) is 28.3 Å². The SMILES string of the molecule is O=C(NCc1ccno1)NC1CCCC(C(=O)O)C1. The summed E-state index contributed by atoms with van der Waals surface area (Å²) in [6.07, 6.45) is 4.33. The maximum atomic E-state index is 11.7. The van der Waals surface area contributed by atoms with Crippen LogP contribution in [0.4, 0.5) is 4.79 Å². The van der Waals surface area contributed by atoms with E-state index in [0.29, 0.717) is 18.6 Å². The summed E-state index contributed by atoms with van der Waals surface area (Å²) in [5, 5.41) is 17.9. The molecule has 7 heteroatoms. The molecule has 0 aliphatic heterocycles. The molecule has 0 radical (unpaired) electrons. The second-order valence-corrected chi connectivity index (χ2v) is 4.70. The molecule has 2 rings (SSSR count). The number of aliphatic carboxylic acids is 1. The molecule has 1 fully saturated rings. The predicted octanol–water partition coefficient (Wildman–Crippen LogP) is 1.12. The third kappa shape index (κ3) is 3.97. The Labute approximate surface area is 110 Å². The highest BCUT2D eigenvalue weighted by molar-refractivity contribution is 5.74. The van der Waals surface area contributed by atoms with Crippen molar-refractivity contribution in [2.45, 2.75) is 38.3 Å². The Morgan fingerprint density at radius 3 is 3.00 bits per heavy atom. The lowest BCUT2D eigenvalue weighted by Gasteiger charge is -2.27. The van der Waals surface area contributed by atoms with E-state index in [1.165, 1.54) is 6.20 Å². The van der Waals surface area contributed by atoms with Gasteiger partial charge in [0.1, 0.15) is 0 Å². The summed E-state index contributed by atoms with van der Waals surface area (Å²) in [4.78, 5) is 22.6. The Morgan fingerprint density at radius 2 is 2.32 bits per heavy atom. The van der Waals surface area contributed by atoms with Crippen molar-refractivity contribution in [2.24, 2.45) is 5.92 Å². The summed E-state index contributed by atoms with van der Waals surface area (Å²) in [6, 6.07) is 1.28. The van der Waals surface area contributed by atoms with Gasteiger partial charge in [0, 0.05) is 12.1 Å². The summed E-state index contributed by atoms with van der Waals surface area (Å²) < 4.78 is 4.85. The molecule has 2 amide bonds. The highest BCUT2D eigenvalue weighted by Gasteiger charge is 2.27. The first-order valence-corrected chi connectivity index (χ1v) is 6.32. The molecule has 1 aromatic heterocycles. The fourth-order valence-electron chi connectivity index (χ4n) is 2.28. The molecule has 104 valence electrons. The van der Waals surface area contributed by atoms with Crippen LogP contribution in [0.1, 0.15) is 31.4 Å². The highest BCUT2D eigenvalue weighted by Crippen LogP contribution is 2.24. The summed E-state index contributed by atoms with van der Waals surface area (Å²) in [5.41, 5.74) is 0. The fourth-order valence-corrected chi connectivity index (χ4v) is 2.28. The number of carbonyl (C=O) groups excluding carboxylic acids is 1. The normalized spacial score (nSPS) is 22.7. The van der Waals surface area contributed by atoms with E-state index < -0.39 is 5.97 Å². The minimum Gasteiger partial charge on any atom is -0.481 e. The molecule has 7 nitrogen and oxygen atoms in total. The fraction of sp³-hybridized carbons (Fsp3) is 0.583. The number of carboxylic acid groups (broad SMARTS) is 1. The van der Waals surface area contributed by atoms with E-state index in [9.17, 15) is 9.59 Å². The van der Waals surface area contributed by atoms with Crippen LogP contribution < -0.4 is 10.6 Å². The second kappa shape index (κ2) is 6.21. The second-order valence-electron chi connectivity index (χ2n) is 4.70. The van der Waals surface area contributed by atoms with Crippen molar-refractivity contribution in [3.8, 4) is 0 Å². The van der Waals surface area contributed by atoms with Gasteiger partial charge in [-0.25, -0.2) is 4.79 Å². The third-order valence-corrected chi connectivity index (χ3v) is 3.27. The first-order chi connectivity index (χ1) is 9.15. The van der Waals surface area contributed by atoms with Crippen LogP contribution in [0.15, 0.2) is 16.8 Å². The maximum absolute atomic E-state index is 11.7. The van der Waals surface area contributed by atoms with E-state index >= 15 is 0 Å². The van der Waals surface area contributed by atoms with Gasteiger partial charge in [-0.05, 0) is 19.3 Å². The van der Waals surface area contributed by atoms with Gasteiger partial charge in [0.15, 0.2) is 5.76 Å². The molecule has 3 N–H and O–H groups in total. The van der Waals surface area contributed by atoms with Crippen molar-refractivity contribution >= 4 is 12.0 Å². The number of carbonyl (C=O) groups is 2. The van der Waals surface area contributed by atoms with Crippen LogP contribution in [0.25, 0.3) is 0 Å². The molecule has 2 unspecified atom stereocenters. The molecule has 0 saturated heterocycles. The van der Waals surface area contributed by atoms with Crippen molar-refractivity contribution in [1.82, 2.24) is 15.8 Å². The Hall–Kier alpha value is -2.05. The average molecular weight is 267 g/mol. The van der Waals surface area contributed by atoms with E-state index in [4.69, 9.17) is 9.63 Å². The zero-order chi connectivity index (χ0) is 13.7. The molecule has 1 aromatic rings. The van der Waals surface area contributed by atoms with Crippen molar-refractivity contribution in [1.29, 1.82) is 0 Å². The summed E-state index contributed by atoms with van der Waals surface area (Å²) in [6.45, 7) is 0.265. The molecule has 0 bridgehead atoms. The van der Waals surface area contributed by atoms with Crippen LogP contribution in [0.2, 0.25) is 0 Å². The van der Waals surface area contributed by atoms with Crippen LogP contribution in [0.3, 0.4) is 0 Å². The smallest absolute Gasteiger partial charge is 0.315 e. The molecule has 1 saturated carbocycles. The number of rotatable bonds is 4. The average Bonchev–Trinajstić information content (AvgIpc) is 2.90. The molecule has 0 spiro atoms. The molecule has 2 atom stereocenters. The van der Waals surface area contributed by atoms with Gasteiger partial charge in [0.25, 0.3) is 0 Å². The quantitative estimate of drug-likeness (QED) is 0.758. The molecule has 19 heavy (non-hydrogen) atoms. The largest absolute Gasteiger partial charge is 0.481 e. The Balaban J connectivity index is 1.74. The van der Waals surface area contributed by atoms with E-state index in [1.807, 2.05) is 0 Å². The lowest BCUT2D eigenvalue weighted by atomic mass is 9.86. The number of carboxylic acids is 1. The Morgan fingerprint density at radius 1 is 1.47 bits per heavy atom. The summed E-state index contributed by atoms with van der Waals surface area (Å²) >= 11 is 0. The molecule has 1 heterocycles. The van der Waals surface area contributed by atoms with Crippen molar-refractivity contribution < 1.29 is 19.2 Å². The lowest BCUT2D eigenvalue weighted by molar-refractivity contribution is -0.143. The first kappa shape index (κ1) is 13.4. The molecular weight excluding hydrogens is 250 g/mol. The molecular formula is C12H17N3O4. The van der Waals surface area contributed by atoms with Crippen LogP contribution in [0, 0.1) is 5.92 Å². The monoisotopic (exact) mass is 267 g/mol. The third-order valence-electron chi connectivity index (χ3n) is 3.27. The van der Waals surface area contributed by atoms with Gasteiger partial charge in [-0.3, -0.25) is 4.79 Å². The Kier molecular flexibility index (Phi) is 4.38. The number of nitrogens with zero attached hydrogens (tertiary/aromatic N) is 1. The van der Waals surface area contributed by atoms with Crippen LogP contribution in [-0.2, 0) is 11.3 Å². The molecule has 0 aromatic carbocycles. The highest BCUT2D eigenvalue weighted by atomic mass is 16.5. The van der Waals surface area contributed by atoms with Gasteiger partial charge in [0.2, 0.25) is 0 Å². The number of aromatic nitrogens is 1. The van der Waals surface area contributed by atoms with Gasteiger partial charge < -0.3 is 20.3 Å². The summed E-state index contributed by atoms with van der Waals surface area (Å²) in [5.74, 6) is -0.566. The van der Waals surface area contributed by atoms with Crippen LogP contribution in [0.5, 0.6) is 0 Å².